The van der Waals surface area contributed by atoms with Crippen LogP contribution in [0.3, 0.4) is 0 Å². The molecule has 1 aromatic heterocycles. The topological polar surface area (TPSA) is 85.1 Å². The van der Waals surface area contributed by atoms with Gasteiger partial charge >= 0.3 is 0 Å². The molecule has 0 aliphatic heterocycles. The molecular weight excluding hydrogens is 294 g/mol. The molecule has 2 rings (SSSR count). The van der Waals surface area contributed by atoms with Crippen molar-refractivity contribution in [1.82, 2.24) is 9.71 Å². The van der Waals surface area contributed by atoms with Crippen LogP contribution in [0.15, 0.2) is 35.7 Å². The normalized spacial score (nSPS) is 11.6. The molecule has 7 heteroatoms. The van der Waals surface area contributed by atoms with Crippen LogP contribution >= 0.6 is 11.3 Å². The molecule has 0 saturated carbocycles. The maximum atomic E-state index is 11.8. The molecule has 0 atom stereocenters. The van der Waals surface area contributed by atoms with Crippen LogP contribution in [0.2, 0.25) is 0 Å². The second-order valence-electron chi connectivity index (χ2n) is 4.38. The van der Waals surface area contributed by atoms with Gasteiger partial charge in [-0.25, -0.2) is 18.1 Å². The molecule has 1 heterocycles. The summed E-state index contributed by atoms with van der Waals surface area (Å²) in [6.45, 7) is 0.348. The van der Waals surface area contributed by atoms with Gasteiger partial charge in [-0.15, -0.1) is 11.3 Å². The first-order chi connectivity index (χ1) is 9.55. The van der Waals surface area contributed by atoms with Crippen molar-refractivity contribution in [2.45, 2.75) is 12.8 Å². The van der Waals surface area contributed by atoms with E-state index in [2.05, 4.69) is 9.71 Å². The van der Waals surface area contributed by atoms with E-state index in [0.29, 0.717) is 24.5 Å². The summed E-state index contributed by atoms with van der Waals surface area (Å²) in [5, 5.41) is 2.35. The molecule has 0 aliphatic rings. The van der Waals surface area contributed by atoms with E-state index in [4.69, 9.17) is 5.73 Å². The molecule has 0 amide bonds. The predicted octanol–water partition coefficient (Wildman–Crippen LogP) is 1.43. The summed E-state index contributed by atoms with van der Waals surface area (Å²) in [6.07, 6.45) is 1.07. The third kappa shape index (κ3) is 4.92. The Morgan fingerprint density at radius 2 is 1.95 bits per heavy atom. The van der Waals surface area contributed by atoms with Crippen molar-refractivity contribution in [3.05, 3.63) is 47.0 Å². The lowest BCUT2D eigenvalue weighted by Crippen LogP contribution is -2.29. The summed E-state index contributed by atoms with van der Waals surface area (Å²) in [5.41, 5.74) is 7.35. The Bertz CT molecular complexity index is 639. The Morgan fingerprint density at radius 1 is 1.20 bits per heavy atom. The first-order valence-corrected chi connectivity index (χ1v) is 8.79. The summed E-state index contributed by atoms with van der Waals surface area (Å²) < 4.78 is 26.3. The van der Waals surface area contributed by atoms with E-state index in [0.717, 1.165) is 11.3 Å². The van der Waals surface area contributed by atoms with Gasteiger partial charge in [-0.1, -0.05) is 30.3 Å². The van der Waals surface area contributed by atoms with Crippen molar-refractivity contribution in [2.75, 3.05) is 18.0 Å². The van der Waals surface area contributed by atoms with Crippen molar-refractivity contribution in [3.63, 3.8) is 0 Å². The third-order valence-electron chi connectivity index (χ3n) is 2.77. The van der Waals surface area contributed by atoms with Gasteiger partial charge in [-0.3, -0.25) is 0 Å². The van der Waals surface area contributed by atoms with Crippen LogP contribution in [-0.4, -0.2) is 25.7 Å². The summed E-state index contributed by atoms with van der Waals surface area (Å²) in [6, 6.07) is 9.57. The number of hydrogen-bond acceptors (Lipinski definition) is 5. The smallest absolute Gasteiger partial charge is 0.211 e. The average molecular weight is 311 g/mol. The van der Waals surface area contributed by atoms with Crippen LogP contribution in [0.5, 0.6) is 0 Å². The first kappa shape index (κ1) is 15.0. The molecule has 20 heavy (non-hydrogen) atoms. The summed E-state index contributed by atoms with van der Waals surface area (Å²) in [5.74, 6) is 0.0935. The van der Waals surface area contributed by atoms with Crippen molar-refractivity contribution >= 4 is 26.5 Å². The minimum Gasteiger partial charge on any atom is -0.375 e. The van der Waals surface area contributed by atoms with E-state index >= 15 is 0 Å². The highest BCUT2D eigenvalue weighted by molar-refractivity contribution is 7.89. The monoisotopic (exact) mass is 311 g/mol. The molecule has 0 radical (unpaired) electrons. The lowest BCUT2D eigenvalue weighted by molar-refractivity contribution is 0.580. The maximum absolute atomic E-state index is 11.8. The number of nitrogens with one attached hydrogen (secondary N) is 1. The number of anilines is 1. The van der Waals surface area contributed by atoms with Crippen LogP contribution in [0.1, 0.15) is 11.3 Å². The van der Waals surface area contributed by atoms with Gasteiger partial charge in [0.25, 0.3) is 0 Å². The quantitative estimate of drug-likeness (QED) is 0.810. The highest BCUT2D eigenvalue weighted by atomic mass is 32.2. The number of nitrogens with zero attached hydrogens (tertiary/aromatic N) is 1. The van der Waals surface area contributed by atoms with Crippen LogP contribution in [0, 0.1) is 0 Å². The minimum atomic E-state index is -3.25. The van der Waals surface area contributed by atoms with Gasteiger partial charge in [0.15, 0.2) is 5.13 Å². The molecule has 0 bridgehead atoms. The van der Waals surface area contributed by atoms with Crippen molar-refractivity contribution < 1.29 is 8.42 Å². The van der Waals surface area contributed by atoms with Gasteiger partial charge in [0.05, 0.1) is 11.4 Å². The van der Waals surface area contributed by atoms with E-state index in [-0.39, 0.29) is 5.75 Å². The van der Waals surface area contributed by atoms with Crippen LogP contribution < -0.4 is 10.5 Å². The highest BCUT2D eigenvalue weighted by Gasteiger charge is 2.10. The van der Waals surface area contributed by atoms with E-state index < -0.39 is 10.0 Å². The summed E-state index contributed by atoms with van der Waals surface area (Å²) >= 11 is 1.36. The Balaban J connectivity index is 1.76. The largest absolute Gasteiger partial charge is 0.375 e. The zero-order chi connectivity index (χ0) is 14.4. The van der Waals surface area contributed by atoms with Gasteiger partial charge in [-0.2, -0.15) is 0 Å². The zero-order valence-corrected chi connectivity index (χ0v) is 12.6. The Kier molecular flexibility index (Phi) is 5.11. The Hall–Kier alpha value is -1.44. The molecule has 0 fully saturated rings. The highest BCUT2D eigenvalue weighted by Crippen LogP contribution is 2.11. The lowest BCUT2D eigenvalue weighted by atomic mass is 10.2. The number of benzene rings is 1. The molecule has 0 saturated heterocycles. The Morgan fingerprint density at radius 3 is 2.60 bits per heavy atom. The SMILES string of the molecule is Nc1nc(CCNS(=O)(=O)CCc2ccccc2)cs1. The number of nitrogen functional groups attached to an aromatic ring is 1. The number of thiazole rings is 1. The second-order valence-corrected chi connectivity index (χ2v) is 7.19. The van der Waals surface area contributed by atoms with Crippen LogP contribution in [-0.2, 0) is 22.9 Å². The Labute approximate surface area is 122 Å². The molecule has 0 unspecified atom stereocenters. The number of sulfonamides is 1. The number of aryl methyl sites for hydroxylation is 1. The molecule has 108 valence electrons. The fourth-order valence-corrected chi connectivity index (χ4v) is 3.40. The predicted molar refractivity (Wildman–Crippen MR) is 82.2 cm³/mol. The molecule has 0 aliphatic carbocycles. The minimum absolute atomic E-state index is 0.0935. The third-order valence-corrected chi connectivity index (χ3v) is 4.88. The van der Waals surface area contributed by atoms with E-state index in [1.807, 2.05) is 35.7 Å². The fraction of sp³-hybridized carbons (Fsp3) is 0.308. The van der Waals surface area contributed by atoms with Gasteiger partial charge in [0.2, 0.25) is 10.0 Å². The van der Waals surface area contributed by atoms with Gasteiger partial charge in [0, 0.05) is 18.3 Å². The van der Waals surface area contributed by atoms with Crippen molar-refractivity contribution in [2.24, 2.45) is 0 Å². The zero-order valence-electron chi connectivity index (χ0n) is 11.0. The number of rotatable bonds is 7. The summed E-state index contributed by atoms with van der Waals surface area (Å²) in [7, 11) is -3.25. The van der Waals surface area contributed by atoms with E-state index in [9.17, 15) is 8.42 Å². The van der Waals surface area contributed by atoms with Crippen LogP contribution in [0.4, 0.5) is 5.13 Å². The fourth-order valence-electron chi connectivity index (χ4n) is 1.74. The second kappa shape index (κ2) is 6.83. The molecule has 2 aromatic rings. The van der Waals surface area contributed by atoms with Gasteiger partial charge in [-0.05, 0) is 12.0 Å². The number of aromatic nitrogens is 1. The average Bonchev–Trinajstić information content (AvgIpc) is 2.83. The standard InChI is InChI=1S/C13H17N3O2S2/c14-13-16-12(10-19-13)6-8-15-20(17,18)9-7-11-4-2-1-3-5-11/h1-5,10,15H,6-9H2,(H2,14,16). The first-order valence-electron chi connectivity index (χ1n) is 6.26. The number of hydrogen-bond donors (Lipinski definition) is 2. The number of nitrogens with two attached hydrogens (primary N) is 1. The van der Waals surface area contributed by atoms with Gasteiger partial charge in [0.1, 0.15) is 0 Å². The van der Waals surface area contributed by atoms with E-state index in [1.54, 1.807) is 0 Å². The molecular formula is C13H17N3O2S2. The summed E-state index contributed by atoms with van der Waals surface area (Å²) in [4.78, 5) is 4.09. The lowest BCUT2D eigenvalue weighted by Gasteiger charge is -2.06. The molecule has 5 nitrogen and oxygen atoms in total. The molecule has 1 aromatic carbocycles. The molecule has 3 N–H and O–H groups in total. The van der Waals surface area contributed by atoms with Crippen molar-refractivity contribution in [3.8, 4) is 0 Å². The van der Waals surface area contributed by atoms with Gasteiger partial charge < -0.3 is 5.73 Å². The maximum Gasteiger partial charge on any atom is 0.211 e. The van der Waals surface area contributed by atoms with Crippen LogP contribution in [0.25, 0.3) is 0 Å². The molecule has 0 spiro atoms. The van der Waals surface area contributed by atoms with Crippen molar-refractivity contribution in [1.29, 1.82) is 0 Å². The van der Waals surface area contributed by atoms with E-state index in [1.165, 1.54) is 11.3 Å².